The quantitative estimate of drug-likeness (QED) is 0.841. The van der Waals surface area contributed by atoms with Crippen LogP contribution in [-0.2, 0) is 0 Å². The van der Waals surface area contributed by atoms with Crippen molar-refractivity contribution in [3.05, 3.63) is 58.9 Å². The van der Waals surface area contributed by atoms with Gasteiger partial charge in [0, 0.05) is 25.5 Å². The number of carbonyl (C=O) groups excluding carboxylic acids is 2. The van der Waals surface area contributed by atoms with Crippen LogP contribution in [0.15, 0.2) is 42.7 Å². The number of pyridine rings is 1. The number of hydrogen-bond acceptors (Lipinski definition) is 4. The van der Waals surface area contributed by atoms with Gasteiger partial charge >= 0.3 is 0 Å². The number of anilines is 1. The number of nitrogens with one attached hydrogen (secondary N) is 2. The molecule has 2 amide bonds. The zero-order valence-corrected chi connectivity index (χ0v) is 14.3. The predicted octanol–water partition coefficient (Wildman–Crippen LogP) is 2.28. The maximum atomic E-state index is 12.3. The molecule has 2 rings (SSSR count). The van der Waals surface area contributed by atoms with Crippen molar-refractivity contribution in [1.29, 1.82) is 0 Å². The first kappa shape index (κ1) is 17.9. The number of carbonyl (C=O) groups is 2. The normalized spacial score (nSPS) is 10.5. The number of aromatic nitrogens is 1. The third-order valence-electron chi connectivity index (χ3n) is 3.23. The molecule has 2 aromatic rings. The molecule has 1 aromatic heterocycles. The summed E-state index contributed by atoms with van der Waals surface area (Å²) in [7, 11) is 3.85. The first-order valence-corrected chi connectivity index (χ1v) is 7.79. The van der Waals surface area contributed by atoms with Gasteiger partial charge in [0.1, 0.15) is 0 Å². The molecular formula is C17H19ClN4O2. The van der Waals surface area contributed by atoms with Gasteiger partial charge in [-0.2, -0.15) is 0 Å². The van der Waals surface area contributed by atoms with Crippen LogP contribution in [0.4, 0.5) is 5.69 Å². The fourth-order valence-electron chi connectivity index (χ4n) is 1.94. The fraction of sp³-hybridized carbons (Fsp3) is 0.235. The van der Waals surface area contributed by atoms with Crippen LogP contribution in [0.3, 0.4) is 0 Å². The molecule has 0 aliphatic rings. The van der Waals surface area contributed by atoms with E-state index in [0.29, 0.717) is 22.8 Å². The highest BCUT2D eigenvalue weighted by Gasteiger charge is 2.12. The van der Waals surface area contributed by atoms with Crippen molar-refractivity contribution in [2.24, 2.45) is 0 Å². The lowest BCUT2D eigenvalue weighted by molar-refractivity contribution is 0.0950. The molecule has 0 unspecified atom stereocenters. The largest absolute Gasteiger partial charge is 0.351 e. The maximum absolute atomic E-state index is 12.3. The Balaban J connectivity index is 2.05. The van der Waals surface area contributed by atoms with Crippen LogP contribution in [0, 0.1) is 0 Å². The first-order valence-electron chi connectivity index (χ1n) is 7.41. The number of halogens is 1. The molecule has 126 valence electrons. The van der Waals surface area contributed by atoms with Gasteiger partial charge in [-0.05, 0) is 32.3 Å². The molecule has 7 heteroatoms. The zero-order chi connectivity index (χ0) is 17.5. The average molecular weight is 347 g/mol. The summed E-state index contributed by atoms with van der Waals surface area (Å²) < 4.78 is 0. The summed E-state index contributed by atoms with van der Waals surface area (Å²) in [5.41, 5.74) is 1.13. The molecule has 0 radical (unpaired) electrons. The van der Waals surface area contributed by atoms with Gasteiger partial charge in [0.05, 0.1) is 21.8 Å². The highest BCUT2D eigenvalue weighted by Crippen LogP contribution is 2.21. The van der Waals surface area contributed by atoms with Crippen molar-refractivity contribution < 1.29 is 9.59 Å². The van der Waals surface area contributed by atoms with Crippen LogP contribution < -0.4 is 10.6 Å². The maximum Gasteiger partial charge on any atom is 0.257 e. The van der Waals surface area contributed by atoms with Crippen molar-refractivity contribution in [2.45, 2.75) is 0 Å². The van der Waals surface area contributed by atoms with Gasteiger partial charge in [0.25, 0.3) is 11.8 Å². The standard InChI is InChI=1S/C17H19ClN4O2/c1-22(2)8-7-20-16(23)12-9-13(11-19-10-12)17(24)21-15-6-4-3-5-14(15)18/h3-6,9-11H,7-8H2,1-2H3,(H,20,23)(H,21,24). The van der Waals surface area contributed by atoms with Crippen LogP contribution in [0.25, 0.3) is 0 Å². The Morgan fingerprint density at radius 1 is 1.12 bits per heavy atom. The molecular weight excluding hydrogens is 328 g/mol. The lowest BCUT2D eigenvalue weighted by Gasteiger charge is -2.11. The smallest absolute Gasteiger partial charge is 0.257 e. The highest BCUT2D eigenvalue weighted by molar-refractivity contribution is 6.33. The van der Waals surface area contributed by atoms with Crippen molar-refractivity contribution in [3.8, 4) is 0 Å². The minimum Gasteiger partial charge on any atom is -0.351 e. The minimum absolute atomic E-state index is 0.267. The van der Waals surface area contributed by atoms with Gasteiger partial charge in [-0.1, -0.05) is 23.7 Å². The van der Waals surface area contributed by atoms with Crippen LogP contribution in [-0.4, -0.2) is 48.9 Å². The van der Waals surface area contributed by atoms with Gasteiger partial charge in [0.15, 0.2) is 0 Å². The molecule has 0 spiro atoms. The predicted molar refractivity (Wildman–Crippen MR) is 94.5 cm³/mol. The Labute approximate surface area is 145 Å². The Bertz CT molecular complexity index is 734. The Kier molecular flexibility index (Phi) is 6.28. The van der Waals surface area contributed by atoms with E-state index in [9.17, 15) is 9.59 Å². The van der Waals surface area contributed by atoms with E-state index < -0.39 is 0 Å². The number of nitrogens with zero attached hydrogens (tertiary/aromatic N) is 2. The lowest BCUT2D eigenvalue weighted by atomic mass is 10.2. The summed E-state index contributed by atoms with van der Waals surface area (Å²) in [6, 6.07) is 8.44. The lowest BCUT2D eigenvalue weighted by Crippen LogP contribution is -2.31. The van der Waals surface area contributed by atoms with Crippen LogP contribution in [0.5, 0.6) is 0 Å². The summed E-state index contributed by atoms with van der Waals surface area (Å²) >= 11 is 6.02. The Morgan fingerprint density at radius 3 is 2.46 bits per heavy atom. The number of hydrogen-bond donors (Lipinski definition) is 2. The van der Waals surface area contributed by atoms with E-state index in [1.807, 2.05) is 19.0 Å². The third kappa shape index (κ3) is 5.04. The molecule has 2 N–H and O–H groups in total. The van der Waals surface area contributed by atoms with Crippen LogP contribution in [0.1, 0.15) is 20.7 Å². The van der Waals surface area contributed by atoms with Crippen molar-refractivity contribution in [2.75, 3.05) is 32.5 Å². The fourth-order valence-corrected chi connectivity index (χ4v) is 2.12. The highest BCUT2D eigenvalue weighted by atomic mass is 35.5. The van der Waals surface area contributed by atoms with E-state index in [2.05, 4.69) is 15.6 Å². The molecule has 0 saturated heterocycles. The minimum atomic E-state index is -0.376. The summed E-state index contributed by atoms with van der Waals surface area (Å²) in [5, 5.41) is 5.92. The summed E-state index contributed by atoms with van der Waals surface area (Å²) in [6.45, 7) is 1.24. The number of amides is 2. The number of likely N-dealkylation sites (N-methyl/N-ethyl adjacent to an activating group) is 1. The van der Waals surface area contributed by atoms with Gasteiger partial charge in [-0.15, -0.1) is 0 Å². The van der Waals surface area contributed by atoms with Crippen LogP contribution >= 0.6 is 11.6 Å². The topological polar surface area (TPSA) is 74.3 Å². The first-order chi connectivity index (χ1) is 11.5. The molecule has 0 atom stereocenters. The molecule has 6 nitrogen and oxygen atoms in total. The SMILES string of the molecule is CN(C)CCNC(=O)c1cncc(C(=O)Nc2ccccc2Cl)c1. The van der Waals surface area contributed by atoms with Gasteiger partial charge in [-0.3, -0.25) is 14.6 Å². The second kappa shape index (κ2) is 8.42. The van der Waals surface area contributed by atoms with E-state index in [1.165, 1.54) is 18.5 Å². The Hall–Kier alpha value is -2.44. The summed E-state index contributed by atoms with van der Waals surface area (Å²) in [5.74, 6) is -0.643. The molecule has 0 bridgehead atoms. The van der Waals surface area contributed by atoms with Crippen molar-refractivity contribution >= 4 is 29.1 Å². The summed E-state index contributed by atoms with van der Waals surface area (Å²) in [6.07, 6.45) is 2.83. The second-order valence-electron chi connectivity index (χ2n) is 5.46. The van der Waals surface area contributed by atoms with E-state index in [0.717, 1.165) is 6.54 Å². The molecule has 1 heterocycles. The van der Waals surface area contributed by atoms with Gasteiger partial charge < -0.3 is 15.5 Å². The number of para-hydroxylation sites is 1. The monoisotopic (exact) mass is 346 g/mol. The zero-order valence-electron chi connectivity index (χ0n) is 13.5. The third-order valence-corrected chi connectivity index (χ3v) is 3.56. The van der Waals surface area contributed by atoms with Crippen LogP contribution in [0.2, 0.25) is 5.02 Å². The average Bonchev–Trinajstić information content (AvgIpc) is 2.56. The molecule has 1 aromatic carbocycles. The van der Waals surface area contributed by atoms with E-state index >= 15 is 0 Å². The van der Waals surface area contributed by atoms with Gasteiger partial charge in [0.2, 0.25) is 0 Å². The van der Waals surface area contributed by atoms with Crippen molar-refractivity contribution in [1.82, 2.24) is 15.2 Å². The van der Waals surface area contributed by atoms with E-state index in [1.54, 1.807) is 24.3 Å². The Morgan fingerprint density at radius 2 is 1.79 bits per heavy atom. The van der Waals surface area contributed by atoms with E-state index in [-0.39, 0.29) is 17.4 Å². The number of benzene rings is 1. The molecule has 0 aliphatic heterocycles. The van der Waals surface area contributed by atoms with Crippen molar-refractivity contribution in [3.63, 3.8) is 0 Å². The molecule has 0 aliphatic carbocycles. The second-order valence-corrected chi connectivity index (χ2v) is 5.86. The van der Waals surface area contributed by atoms with Gasteiger partial charge in [-0.25, -0.2) is 0 Å². The molecule has 0 saturated carbocycles. The molecule has 24 heavy (non-hydrogen) atoms. The van der Waals surface area contributed by atoms with E-state index in [4.69, 9.17) is 11.6 Å². The molecule has 0 fully saturated rings. The number of rotatable bonds is 6. The summed E-state index contributed by atoms with van der Waals surface area (Å²) in [4.78, 5) is 30.3.